The van der Waals surface area contributed by atoms with Crippen LogP contribution >= 0.6 is 0 Å². The molecule has 0 bridgehead atoms. The van der Waals surface area contributed by atoms with Gasteiger partial charge in [-0.1, -0.05) is 49.4 Å². The Labute approximate surface area is 114 Å². The van der Waals surface area contributed by atoms with Crippen molar-refractivity contribution in [2.24, 2.45) is 0 Å². The van der Waals surface area contributed by atoms with Crippen molar-refractivity contribution in [2.75, 3.05) is 6.54 Å². The van der Waals surface area contributed by atoms with Gasteiger partial charge in [0.05, 0.1) is 0 Å². The Morgan fingerprint density at radius 2 is 1.84 bits per heavy atom. The van der Waals surface area contributed by atoms with Gasteiger partial charge in [0.2, 0.25) is 0 Å². The zero-order valence-corrected chi connectivity index (χ0v) is 11.3. The van der Waals surface area contributed by atoms with Crippen molar-refractivity contribution in [3.8, 4) is 0 Å². The summed E-state index contributed by atoms with van der Waals surface area (Å²) in [7, 11) is 0. The molecular weight excluding hydrogens is 237 g/mol. The second kappa shape index (κ2) is 7.05. The second-order valence-electron chi connectivity index (χ2n) is 4.91. The third-order valence-corrected chi connectivity index (χ3v) is 3.34. The third kappa shape index (κ3) is 4.49. The van der Waals surface area contributed by atoms with Gasteiger partial charge >= 0.3 is 0 Å². The van der Waals surface area contributed by atoms with Crippen LogP contribution in [0.1, 0.15) is 30.4 Å². The lowest BCUT2D eigenvalue weighted by Crippen LogP contribution is -2.16. The highest BCUT2D eigenvalue weighted by atomic mass is 19.1. The summed E-state index contributed by atoms with van der Waals surface area (Å²) in [6, 6.07) is 17.3. The first-order chi connectivity index (χ1) is 9.25. The van der Waals surface area contributed by atoms with Crippen LogP contribution in [0.15, 0.2) is 54.6 Å². The van der Waals surface area contributed by atoms with E-state index < -0.39 is 0 Å². The Balaban J connectivity index is 1.72. The van der Waals surface area contributed by atoms with E-state index in [0.29, 0.717) is 5.92 Å². The molecule has 1 atom stereocenters. The first-order valence-corrected chi connectivity index (χ1v) is 6.76. The third-order valence-electron chi connectivity index (χ3n) is 3.34. The standard InChI is InChI=1S/C17H20FN/c1-14(16-7-3-2-4-8-16)10-11-19-13-15-6-5-9-17(18)12-15/h2-9,12,14,19H,10-11,13H2,1H3. The predicted molar refractivity (Wildman–Crippen MR) is 77.6 cm³/mol. The lowest BCUT2D eigenvalue weighted by atomic mass is 9.98. The van der Waals surface area contributed by atoms with Crippen LogP contribution in [0, 0.1) is 5.82 Å². The van der Waals surface area contributed by atoms with E-state index in [1.54, 1.807) is 12.1 Å². The average Bonchev–Trinajstić information content (AvgIpc) is 2.44. The highest BCUT2D eigenvalue weighted by Crippen LogP contribution is 2.17. The number of hydrogen-bond acceptors (Lipinski definition) is 1. The maximum atomic E-state index is 13.0. The van der Waals surface area contributed by atoms with Crippen molar-refractivity contribution in [2.45, 2.75) is 25.8 Å². The summed E-state index contributed by atoms with van der Waals surface area (Å²) < 4.78 is 13.0. The number of halogens is 1. The van der Waals surface area contributed by atoms with Crippen LogP contribution < -0.4 is 5.32 Å². The van der Waals surface area contributed by atoms with E-state index in [1.165, 1.54) is 11.6 Å². The van der Waals surface area contributed by atoms with Gasteiger partial charge in [-0.3, -0.25) is 0 Å². The fourth-order valence-electron chi connectivity index (χ4n) is 2.15. The molecular formula is C17H20FN. The lowest BCUT2D eigenvalue weighted by Gasteiger charge is -2.12. The van der Waals surface area contributed by atoms with E-state index in [1.807, 2.05) is 12.1 Å². The molecule has 0 aliphatic carbocycles. The van der Waals surface area contributed by atoms with E-state index >= 15 is 0 Å². The number of hydrogen-bond donors (Lipinski definition) is 1. The topological polar surface area (TPSA) is 12.0 Å². The van der Waals surface area contributed by atoms with Crippen molar-refractivity contribution in [3.05, 3.63) is 71.5 Å². The molecule has 1 nitrogen and oxygen atoms in total. The van der Waals surface area contributed by atoms with Crippen LogP contribution in [0.5, 0.6) is 0 Å². The Morgan fingerprint density at radius 3 is 2.58 bits per heavy atom. The Kier molecular flexibility index (Phi) is 5.10. The summed E-state index contributed by atoms with van der Waals surface area (Å²) in [4.78, 5) is 0. The molecule has 1 unspecified atom stereocenters. The number of rotatable bonds is 6. The summed E-state index contributed by atoms with van der Waals surface area (Å²) in [6.07, 6.45) is 1.08. The minimum Gasteiger partial charge on any atom is -0.313 e. The molecule has 0 saturated carbocycles. The van der Waals surface area contributed by atoms with Gasteiger partial charge in [0.1, 0.15) is 5.82 Å². The van der Waals surface area contributed by atoms with Crippen molar-refractivity contribution >= 4 is 0 Å². The molecule has 0 fully saturated rings. The normalized spacial score (nSPS) is 12.3. The quantitative estimate of drug-likeness (QED) is 0.768. The first-order valence-electron chi connectivity index (χ1n) is 6.76. The Bertz CT molecular complexity index is 496. The maximum Gasteiger partial charge on any atom is 0.123 e. The Hall–Kier alpha value is -1.67. The minimum absolute atomic E-state index is 0.169. The maximum absolute atomic E-state index is 13.0. The molecule has 0 saturated heterocycles. The van der Waals surface area contributed by atoms with Crippen LogP contribution in [-0.4, -0.2) is 6.54 Å². The van der Waals surface area contributed by atoms with Crippen molar-refractivity contribution < 1.29 is 4.39 Å². The first kappa shape index (κ1) is 13.8. The zero-order chi connectivity index (χ0) is 13.5. The average molecular weight is 257 g/mol. The van der Waals surface area contributed by atoms with Gasteiger partial charge < -0.3 is 5.32 Å². The monoisotopic (exact) mass is 257 g/mol. The molecule has 2 rings (SSSR count). The summed E-state index contributed by atoms with van der Waals surface area (Å²) >= 11 is 0. The molecule has 2 heteroatoms. The van der Waals surface area contributed by atoms with Gasteiger partial charge in [-0.2, -0.15) is 0 Å². The fourth-order valence-corrected chi connectivity index (χ4v) is 2.15. The molecule has 100 valence electrons. The Morgan fingerprint density at radius 1 is 1.05 bits per heavy atom. The van der Waals surface area contributed by atoms with Crippen LogP contribution in [0.4, 0.5) is 4.39 Å². The van der Waals surface area contributed by atoms with Gasteiger partial charge in [0, 0.05) is 6.54 Å². The van der Waals surface area contributed by atoms with E-state index in [9.17, 15) is 4.39 Å². The smallest absolute Gasteiger partial charge is 0.123 e. The van der Waals surface area contributed by atoms with Crippen LogP contribution in [0.25, 0.3) is 0 Å². The molecule has 0 amide bonds. The fraction of sp³-hybridized carbons (Fsp3) is 0.294. The second-order valence-corrected chi connectivity index (χ2v) is 4.91. The highest BCUT2D eigenvalue weighted by Gasteiger charge is 2.04. The molecule has 2 aromatic carbocycles. The van der Waals surface area contributed by atoms with Crippen molar-refractivity contribution in [1.82, 2.24) is 5.32 Å². The van der Waals surface area contributed by atoms with E-state index in [4.69, 9.17) is 0 Å². The van der Waals surface area contributed by atoms with Gasteiger partial charge in [0.25, 0.3) is 0 Å². The molecule has 0 aliphatic rings. The van der Waals surface area contributed by atoms with Crippen LogP contribution in [-0.2, 0) is 6.54 Å². The lowest BCUT2D eigenvalue weighted by molar-refractivity contribution is 0.588. The molecule has 1 N–H and O–H groups in total. The SMILES string of the molecule is CC(CCNCc1cccc(F)c1)c1ccccc1. The summed E-state index contributed by atoms with van der Waals surface area (Å²) in [5.74, 6) is 0.373. The van der Waals surface area contributed by atoms with Crippen LogP contribution in [0.3, 0.4) is 0 Å². The molecule has 0 radical (unpaired) electrons. The summed E-state index contributed by atoms with van der Waals surface area (Å²) in [5, 5.41) is 3.36. The van der Waals surface area contributed by atoms with Gasteiger partial charge in [-0.15, -0.1) is 0 Å². The predicted octanol–water partition coefficient (Wildman–Crippen LogP) is 4.11. The molecule has 0 spiro atoms. The molecule has 19 heavy (non-hydrogen) atoms. The van der Waals surface area contributed by atoms with Crippen molar-refractivity contribution in [1.29, 1.82) is 0 Å². The van der Waals surface area contributed by atoms with E-state index in [-0.39, 0.29) is 5.82 Å². The van der Waals surface area contributed by atoms with Crippen molar-refractivity contribution in [3.63, 3.8) is 0 Å². The number of benzene rings is 2. The van der Waals surface area contributed by atoms with Crippen LogP contribution in [0.2, 0.25) is 0 Å². The van der Waals surface area contributed by atoms with Gasteiger partial charge in [-0.05, 0) is 42.1 Å². The number of nitrogens with one attached hydrogen (secondary N) is 1. The van der Waals surface area contributed by atoms with E-state index in [2.05, 4.69) is 36.5 Å². The highest BCUT2D eigenvalue weighted by molar-refractivity contribution is 5.19. The minimum atomic E-state index is -0.169. The molecule has 0 heterocycles. The van der Waals surface area contributed by atoms with Gasteiger partial charge in [0.15, 0.2) is 0 Å². The molecule has 0 aromatic heterocycles. The summed E-state index contributed by atoms with van der Waals surface area (Å²) in [6.45, 7) is 3.89. The molecule has 2 aromatic rings. The van der Waals surface area contributed by atoms with Gasteiger partial charge in [-0.25, -0.2) is 4.39 Å². The summed E-state index contributed by atoms with van der Waals surface area (Å²) in [5.41, 5.74) is 2.36. The van der Waals surface area contributed by atoms with E-state index in [0.717, 1.165) is 25.1 Å². The zero-order valence-electron chi connectivity index (χ0n) is 11.3. The molecule has 0 aliphatic heterocycles. The largest absolute Gasteiger partial charge is 0.313 e.